The molecule has 0 amide bonds. The smallest absolute Gasteiger partial charge is 0.141 e. The minimum absolute atomic E-state index is 0.240. The van der Waals surface area contributed by atoms with Gasteiger partial charge < -0.3 is 5.11 Å². The highest BCUT2D eigenvalue weighted by atomic mass is 127. The van der Waals surface area contributed by atoms with E-state index in [-0.39, 0.29) is 5.75 Å². The van der Waals surface area contributed by atoms with Crippen LogP contribution >= 0.6 is 22.6 Å². The molecule has 60 valence electrons. The first-order valence-corrected chi connectivity index (χ1v) is 4.58. The molecule has 0 fully saturated rings. The van der Waals surface area contributed by atoms with Crippen LogP contribution in [-0.2, 0) is 0 Å². The van der Waals surface area contributed by atoms with Gasteiger partial charge in [-0.05, 0) is 34.7 Å². The van der Waals surface area contributed by atoms with Crippen molar-refractivity contribution in [3.63, 3.8) is 0 Å². The maximum absolute atomic E-state index is 9.40. The maximum atomic E-state index is 9.40. The predicted octanol–water partition coefficient (Wildman–Crippen LogP) is 2.55. The molecule has 2 aromatic rings. The first-order valence-electron chi connectivity index (χ1n) is 3.50. The second-order valence-corrected chi connectivity index (χ2v) is 3.75. The Bertz CT molecular complexity index is 428. The predicted molar refractivity (Wildman–Crippen MR) is 56.1 cm³/mol. The van der Waals surface area contributed by atoms with Gasteiger partial charge in [0.1, 0.15) is 11.3 Å². The van der Waals surface area contributed by atoms with Gasteiger partial charge in [-0.1, -0.05) is 12.1 Å². The van der Waals surface area contributed by atoms with Crippen LogP contribution in [0.3, 0.4) is 0 Å². The Balaban J connectivity index is 2.86. The molecule has 0 atom stereocenters. The maximum Gasteiger partial charge on any atom is 0.141 e. The highest BCUT2D eigenvalue weighted by Gasteiger charge is 1.99. The molecular formula is C9H6INO. The summed E-state index contributed by atoms with van der Waals surface area (Å²) in [7, 11) is 0. The molecule has 0 saturated carbocycles. The van der Waals surface area contributed by atoms with E-state index in [0.717, 1.165) is 8.96 Å². The fourth-order valence-corrected chi connectivity index (χ4v) is 1.59. The third-order valence-corrected chi connectivity index (χ3v) is 2.25. The molecule has 0 radical (unpaired) electrons. The fourth-order valence-electron chi connectivity index (χ4n) is 1.12. The lowest BCUT2D eigenvalue weighted by Crippen LogP contribution is -1.80. The van der Waals surface area contributed by atoms with Gasteiger partial charge in [-0.2, -0.15) is 0 Å². The average molecular weight is 271 g/mol. The van der Waals surface area contributed by atoms with Crippen LogP contribution in [0.2, 0.25) is 0 Å². The van der Waals surface area contributed by atoms with Crippen molar-refractivity contribution in [2.45, 2.75) is 0 Å². The Morgan fingerprint density at radius 3 is 3.00 bits per heavy atom. The number of hydrogen-bond acceptors (Lipinski definition) is 2. The van der Waals surface area contributed by atoms with Gasteiger partial charge in [0, 0.05) is 15.2 Å². The standard InChI is InChI=1S/C9H6INO/c10-7-4-6-2-1-3-8(12)9(6)11-5-7/h1-5,12H. The lowest BCUT2D eigenvalue weighted by Gasteiger charge is -1.98. The Morgan fingerprint density at radius 1 is 1.33 bits per heavy atom. The molecule has 0 aliphatic heterocycles. The van der Waals surface area contributed by atoms with Crippen molar-refractivity contribution in [1.29, 1.82) is 0 Å². The molecule has 1 aromatic carbocycles. The van der Waals surface area contributed by atoms with Gasteiger partial charge in [-0.15, -0.1) is 0 Å². The van der Waals surface area contributed by atoms with Gasteiger partial charge >= 0.3 is 0 Å². The summed E-state index contributed by atoms with van der Waals surface area (Å²) in [5.41, 5.74) is 0.665. The molecule has 0 bridgehead atoms. The van der Waals surface area contributed by atoms with E-state index < -0.39 is 0 Å². The number of hydrogen-bond donors (Lipinski definition) is 1. The number of para-hydroxylation sites is 1. The minimum Gasteiger partial charge on any atom is -0.506 e. The molecule has 0 spiro atoms. The normalized spacial score (nSPS) is 10.4. The van der Waals surface area contributed by atoms with Gasteiger partial charge in [-0.3, -0.25) is 4.98 Å². The number of halogens is 1. The molecule has 1 aromatic heterocycles. The zero-order valence-corrected chi connectivity index (χ0v) is 8.32. The molecule has 0 aliphatic rings. The Kier molecular flexibility index (Phi) is 1.88. The molecule has 2 rings (SSSR count). The van der Waals surface area contributed by atoms with Crippen LogP contribution in [0.5, 0.6) is 5.75 Å². The number of phenols is 1. The van der Waals surface area contributed by atoms with Crippen molar-refractivity contribution in [2.24, 2.45) is 0 Å². The van der Waals surface area contributed by atoms with Crippen LogP contribution in [0.4, 0.5) is 0 Å². The van der Waals surface area contributed by atoms with Crippen molar-refractivity contribution in [3.05, 3.63) is 34.0 Å². The summed E-state index contributed by atoms with van der Waals surface area (Å²) in [4.78, 5) is 4.12. The second kappa shape index (κ2) is 2.90. The SMILES string of the molecule is Oc1cccc2cc(I)cnc12. The van der Waals surface area contributed by atoms with Gasteiger partial charge in [0.05, 0.1) is 0 Å². The summed E-state index contributed by atoms with van der Waals surface area (Å²) < 4.78 is 1.07. The molecule has 1 heterocycles. The number of phenolic OH excluding ortho intramolecular Hbond substituents is 1. The van der Waals surface area contributed by atoms with Crippen molar-refractivity contribution in [3.8, 4) is 5.75 Å². The Hall–Kier alpha value is -0.840. The van der Waals surface area contributed by atoms with Crippen LogP contribution in [0.15, 0.2) is 30.5 Å². The van der Waals surface area contributed by atoms with E-state index in [1.54, 1.807) is 12.3 Å². The molecule has 12 heavy (non-hydrogen) atoms. The average Bonchev–Trinajstić information content (AvgIpc) is 2.04. The zero-order chi connectivity index (χ0) is 8.55. The third kappa shape index (κ3) is 1.24. The van der Waals surface area contributed by atoms with E-state index in [0.29, 0.717) is 5.52 Å². The molecule has 0 aliphatic carbocycles. The summed E-state index contributed by atoms with van der Waals surface area (Å²) in [6.45, 7) is 0. The quantitative estimate of drug-likeness (QED) is 0.747. The number of pyridine rings is 1. The topological polar surface area (TPSA) is 33.1 Å². The van der Waals surface area contributed by atoms with Crippen molar-refractivity contribution in [2.75, 3.05) is 0 Å². The van der Waals surface area contributed by atoms with Crippen LogP contribution in [0.1, 0.15) is 0 Å². The van der Waals surface area contributed by atoms with E-state index in [1.165, 1.54) is 0 Å². The number of fused-ring (bicyclic) bond motifs is 1. The second-order valence-electron chi connectivity index (χ2n) is 2.50. The first kappa shape index (κ1) is 7.79. The lowest BCUT2D eigenvalue weighted by atomic mass is 10.2. The van der Waals surface area contributed by atoms with E-state index in [2.05, 4.69) is 27.6 Å². The van der Waals surface area contributed by atoms with Gasteiger partial charge in [-0.25, -0.2) is 0 Å². The van der Waals surface area contributed by atoms with Crippen LogP contribution in [0, 0.1) is 3.57 Å². The van der Waals surface area contributed by atoms with Crippen molar-refractivity contribution in [1.82, 2.24) is 4.98 Å². The number of aromatic hydroxyl groups is 1. The monoisotopic (exact) mass is 271 g/mol. The van der Waals surface area contributed by atoms with Crippen molar-refractivity contribution < 1.29 is 5.11 Å². The van der Waals surface area contributed by atoms with E-state index in [1.807, 2.05) is 18.2 Å². The van der Waals surface area contributed by atoms with Crippen LogP contribution in [-0.4, -0.2) is 10.1 Å². The molecule has 0 saturated heterocycles. The van der Waals surface area contributed by atoms with E-state index >= 15 is 0 Å². The Morgan fingerprint density at radius 2 is 2.17 bits per heavy atom. The molecule has 3 heteroatoms. The van der Waals surface area contributed by atoms with Crippen LogP contribution < -0.4 is 0 Å². The molecule has 1 N–H and O–H groups in total. The number of rotatable bonds is 0. The third-order valence-electron chi connectivity index (χ3n) is 1.66. The lowest BCUT2D eigenvalue weighted by molar-refractivity contribution is 0.480. The van der Waals surface area contributed by atoms with E-state index in [9.17, 15) is 5.11 Å². The van der Waals surface area contributed by atoms with Gasteiger partial charge in [0.15, 0.2) is 0 Å². The highest BCUT2D eigenvalue weighted by molar-refractivity contribution is 14.1. The van der Waals surface area contributed by atoms with Crippen LogP contribution in [0.25, 0.3) is 10.9 Å². The summed E-state index contributed by atoms with van der Waals surface area (Å²) in [5.74, 6) is 0.240. The summed E-state index contributed by atoms with van der Waals surface area (Å²) in [6.07, 6.45) is 1.74. The Labute approximate surface area is 83.4 Å². The fraction of sp³-hybridized carbons (Fsp3) is 0. The van der Waals surface area contributed by atoms with E-state index in [4.69, 9.17) is 0 Å². The van der Waals surface area contributed by atoms with Crippen molar-refractivity contribution >= 4 is 33.5 Å². The molecule has 0 unspecified atom stereocenters. The summed E-state index contributed by atoms with van der Waals surface area (Å²) in [6, 6.07) is 7.38. The zero-order valence-electron chi connectivity index (χ0n) is 6.16. The molecular weight excluding hydrogens is 265 g/mol. The van der Waals surface area contributed by atoms with Gasteiger partial charge in [0.25, 0.3) is 0 Å². The largest absolute Gasteiger partial charge is 0.506 e. The summed E-state index contributed by atoms with van der Waals surface area (Å²) >= 11 is 2.20. The van der Waals surface area contributed by atoms with Gasteiger partial charge in [0.2, 0.25) is 0 Å². The highest BCUT2D eigenvalue weighted by Crippen LogP contribution is 2.22. The summed E-state index contributed by atoms with van der Waals surface area (Å²) in [5, 5.41) is 10.4. The number of aromatic nitrogens is 1. The first-order chi connectivity index (χ1) is 5.77. The number of nitrogens with zero attached hydrogens (tertiary/aromatic N) is 1. The minimum atomic E-state index is 0.240. The molecule has 2 nitrogen and oxygen atoms in total. The number of benzene rings is 1.